The lowest BCUT2D eigenvalue weighted by molar-refractivity contribution is 0.0893. The molecule has 144 valence electrons. The smallest absolute Gasteiger partial charge is 0.253 e. The van der Waals surface area contributed by atoms with Crippen LogP contribution in [-0.4, -0.2) is 42.8 Å². The van der Waals surface area contributed by atoms with Crippen molar-refractivity contribution in [2.24, 2.45) is 0 Å². The van der Waals surface area contributed by atoms with E-state index in [0.29, 0.717) is 11.4 Å². The maximum atomic E-state index is 12.5. The summed E-state index contributed by atoms with van der Waals surface area (Å²) in [7, 11) is 0. The molecule has 1 amide bonds. The zero-order chi connectivity index (χ0) is 19.3. The first-order valence-electron chi connectivity index (χ1n) is 9.39. The van der Waals surface area contributed by atoms with Crippen molar-refractivity contribution in [2.45, 2.75) is 44.8 Å². The Balaban J connectivity index is 1.28. The van der Waals surface area contributed by atoms with Gasteiger partial charge >= 0.3 is 0 Å². The molecule has 8 heteroatoms. The van der Waals surface area contributed by atoms with Crippen LogP contribution in [0.25, 0.3) is 5.82 Å². The van der Waals surface area contributed by atoms with Gasteiger partial charge in [-0.05, 0) is 56.9 Å². The van der Waals surface area contributed by atoms with E-state index in [4.69, 9.17) is 4.74 Å². The average Bonchev–Trinajstić information content (AvgIpc) is 3.26. The lowest BCUT2D eigenvalue weighted by Gasteiger charge is -2.29. The minimum Gasteiger partial charge on any atom is -0.489 e. The van der Waals surface area contributed by atoms with Gasteiger partial charge in [0, 0.05) is 18.4 Å². The molecule has 0 bridgehead atoms. The van der Waals surface area contributed by atoms with E-state index in [1.165, 1.54) is 6.33 Å². The number of hydrogen-bond acceptors (Lipinski definition) is 6. The Kier molecular flexibility index (Phi) is 5.27. The molecule has 0 radical (unpaired) electrons. The van der Waals surface area contributed by atoms with Gasteiger partial charge in [0.2, 0.25) is 0 Å². The first-order valence-corrected chi connectivity index (χ1v) is 9.39. The van der Waals surface area contributed by atoms with E-state index in [1.54, 1.807) is 35.5 Å². The van der Waals surface area contributed by atoms with E-state index >= 15 is 0 Å². The number of carbonyl (C=O) groups excluding carboxylic acids is 1. The molecule has 4 rings (SSSR count). The van der Waals surface area contributed by atoms with E-state index in [-0.39, 0.29) is 18.1 Å². The number of ether oxygens (including phenoxy) is 1. The third kappa shape index (κ3) is 4.16. The largest absolute Gasteiger partial charge is 0.489 e. The van der Waals surface area contributed by atoms with Crippen LogP contribution in [0.1, 0.15) is 41.7 Å². The van der Waals surface area contributed by atoms with Crippen LogP contribution in [-0.2, 0) is 0 Å². The fraction of sp³-hybridized carbons (Fsp3) is 0.350. The Labute approximate surface area is 163 Å². The van der Waals surface area contributed by atoms with Crippen LogP contribution in [0.2, 0.25) is 0 Å². The average molecular weight is 378 g/mol. The van der Waals surface area contributed by atoms with E-state index < -0.39 is 0 Å². The van der Waals surface area contributed by atoms with Crippen molar-refractivity contribution in [2.75, 3.05) is 0 Å². The second-order valence-corrected chi connectivity index (χ2v) is 6.90. The fourth-order valence-electron chi connectivity index (χ4n) is 3.35. The molecule has 1 aliphatic rings. The molecular formula is C20H22N6O2. The van der Waals surface area contributed by atoms with Gasteiger partial charge in [0.1, 0.15) is 18.4 Å². The van der Waals surface area contributed by atoms with Crippen LogP contribution >= 0.6 is 0 Å². The van der Waals surface area contributed by atoms with Crippen LogP contribution in [0.5, 0.6) is 5.75 Å². The van der Waals surface area contributed by atoms with Crippen LogP contribution in [0, 0.1) is 6.92 Å². The topological polar surface area (TPSA) is 94.8 Å². The lowest BCUT2D eigenvalue weighted by atomic mass is 9.92. The number of nitrogens with zero attached hydrogens (tertiary/aromatic N) is 5. The Morgan fingerprint density at radius 2 is 2.04 bits per heavy atom. The highest BCUT2D eigenvalue weighted by Gasteiger charge is 2.24. The summed E-state index contributed by atoms with van der Waals surface area (Å²) in [6.45, 7) is 1.95. The fourth-order valence-corrected chi connectivity index (χ4v) is 3.35. The van der Waals surface area contributed by atoms with Gasteiger partial charge in [0.25, 0.3) is 5.91 Å². The molecule has 1 saturated carbocycles. The minimum atomic E-state index is -0.106. The predicted molar refractivity (Wildman–Crippen MR) is 102 cm³/mol. The molecule has 1 aliphatic carbocycles. The summed E-state index contributed by atoms with van der Waals surface area (Å²) in [5, 5.41) is 7.13. The molecule has 3 heterocycles. The second kappa shape index (κ2) is 8.16. The number of rotatable bonds is 5. The zero-order valence-corrected chi connectivity index (χ0v) is 15.7. The normalized spacial score (nSPS) is 19.2. The summed E-state index contributed by atoms with van der Waals surface area (Å²) in [4.78, 5) is 24.9. The maximum absolute atomic E-state index is 12.5. The van der Waals surface area contributed by atoms with Crippen LogP contribution < -0.4 is 10.1 Å². The highest BCUT2D eigenvalue weighted by molar-refractivity contribution is 5.94. The highest BCUT2D eigenvalue weighted by Crippen LogP contribution is 2.25. The highest BCUT2D eigenvalue weighted by atomic mass is 16.5. The Bertz CT molecular complexity index is 918. The van der Waals surface area contributed by atoms with Gasteiger partial charge in [0.05, 0.1) is 17.4 Å². The molecule has 0 aromatic carbocycles. The second-order valence-electron chi connectivity index (χ2n) is 6.90. The van der Waals surface area contributed by atoms with Crippen molar-refractivity contribution in [3.8, 4) is 11.6 Å². The molecule has 1 fully saturated rings. The summed E-state index contributed by atoms with van der Waals surface area (Å²) in [6, 6.07) is 7.49. The van der Waals surface area contributed by atoms with E-state index in [2.05, 4.69) is 25.4 Å². The van der Waals surface area contributed by atoms with Gasteiger partial charge < -0.3 is 10.1 Å². The first-order chi connectivity index (χ1) is 13.7. The number of hydrogen-bond donors (Lipinski definition) is 1. The number of aryl methyl sites for hydroxylation is 1. The van der Waals surface area contributed by atoms with Gasteiger partial charge in [-0.2, -0.15) is 5.10 Å². The molecule has 0 spiro atoms. The Hall–Kier alpha value is -3.29. The summed E-state index contributed by atoms with van der Waals surface area (Å²) in [6.07, 6.45) is 10.1. The lowest BCUT2D eigenvalue weighted by Crippen LogP contribution is -2.39. The number of pyridine rings is 2. The van der Waals surface area contributed by atoms with Crippen molar-refractivity contribution in [1.82, 2.24) is 30.0 Å². The molecule has 0 atom stereocenters. The molecule has 8 nitrogen and oxygen atoms in total. The molecule has 3 aromatic heterocycles. The number of amides is 1. The molecule has 28 heavy (non-hydrogen) atoms. The van der Waals surface area contributed by atoms with Crippen LogP contribution in [0.4, 0.5) is 0 Å². The quantitative estimate of drug-likeness (QED) is 0.733. The third-order valence-corrected chi connectivity index (χ3v) is 4.93. The molecule has 0 saturated heterocycles. The van der Waals surface area contributed by atoms with Crippen LogP contribution in [0.15, 0.2) is 49.3 Å². The van der Waals surface area contributed by atoms with Gasteiger partial charge in [0.15, 0.2) is 5.82 Å². The van der Waals surface area contributed by atoms with Gasteiger partial charge in [-0.15, -0.1) is 0 Å². The van der Waals surface area contributed by atoms with Gasteiger partial charge in [-0.25, -0.2) is 14.6 Å². The maximum Gasteiger partial charge on any atom is 0.253 e. The molecule has 3 aromatic rings. The van der Waals surface area contributed by atoms with Crippen molar-refractivity contribution < 1.29 is 9.53 Å². The molecule has 0 unspecified atom stereocenters. The molecule has 1 N–H and O–H groups in total. The number of aromatic nitrogens is 5. The SMILES string of the molecule is Cc1ncccc1OC1CCC(NC(=O)c2ccc(-n3cncn3)nc2)CC1. The van der Waals surface area contributed by atoms with E-state index in [1.807, 2.05) is 19.1 Å². The summed E-state index contributed by atoms with van der Waals surface area (Å²) in [5.74, 6) is 1.36. The number of nitrogens with one attached hydrogen (secondary N) is 1. The zero-order valence-electron chi connectivity index (χ0n) is 15.7. The minimum absolute atomic E-state index is 0.106. The van der Waals surface area contributed by atoms with Crippen molar-refractivity contribution >= 4 is 5.91 Å². The van der Waals surface area contributed by atoms with Crippen molar-refractivity contribution in [3.63, 3.8) is 0 Å². The third-order valence-electron chi connectivity index (χ3n) is 4.93. The summed E-state index contributed by atoms with van der Waals surface area (Å²) >= 11 is 0. The monoisotopic (exact) mass is 378 g/mol. The number of carbonyl (C=O) groups is 1. The standard InChI is InChI=1S/C20H22N6O2/c1-14-18(3-2-10-22-14)28-17-7-5-16(6-8-17)25-20(27)15-4-9-19(23-11-15)26-13-21-12-24-26/h2-4,9-13,16-17H,5-8H2,1H3,(H,25,27). The van der Waals surface area contributed by atoms with Crippen molar-refractivity contribution in [1.29, 1.82) is 0 Å². The van der Waals surface area contributed by atoms with Crippen molar-refractivity contribution in [3.05, 3.63) is 60.6 Å². The predicted octanol–water partition coefficient (Wildman–Crippen LogP) is 2.49. The summed E-state index contributed by atoms with van der Waals surface area (Å²) < 4.78 is 7.62. The van der Waals surface area contributed by atoms with Gasteiger partial charge in [-0.3, -0.25) is 9.78 Å². The molecule has 0 aliphatic heterocycles. The summed E-state index contributed by atoms with van der Waals surface area (Å²) in [5.41, 5.74) is 1.44. The van der Waals surface area contributed by atoms with Gasteiger partial charge in [-0.1, -0.05) is 0 Å². The van der Waals surface area contributed by atoms with Crippen LogP contribution in [0.3, 0.4) is 0 Å². The van der Waals surface area contributed by atoms with E-state index in [9.17, 15) is 4.79 Å². The van der Waals surface area contributed by atoms with E-state index in [0.717, 1.165) is 37.1 Å². The first kappa shape index (κ1) is 18.1. The Morgan fingerprint density at radius 3 is 2.71 bits per heavy atom. The Morgan fingerprint density at radius 1 is 1.18 bits per heavy atom. The molecular weight excluding hydrogens is 356 g/mol.